The molecule has 4 nitrogen and oxygen atoms in total. The second kappa shape index (κ2) is 7.83. The third-order valence-corrected chi connectivity index (χ3v) is 6.53. The maximum atomic E-state index is 6.45. The van der Waals surface area contributed by atoms with Crippen molar-refractivity contribution < 1.29 is 14.0 Å². The molecule has 2 bridgehead atoms. The van der Waals surface area contributed by atoms with E-state index >= 15 is 0 Å². The van der Waals surface area contributed by atoms with Crippen LogP contribution in [0.15, 0.2) is 34.4 Å². The van der Waals surface area contributed by atoms with Crippen molar-refractivity contribution in [1.82, 2.24) is 5.16 Å². The molecule has 2 aliphatic carbocycles. The lowest BCUT2D eigenvalue weighted by atomic mass is 9.99. The molecule has 0 unspecified atom stereocenters. The molecular weight excluding hydrogens is 397 g/mol. The predicted octanol–water partition coefficient (Wildman–Crippen LogP) is 6.17. The van der Waals surface area contributed by atoms with Gasteiger partial charge in [-0.25, -0.2) is 0 Å². The van der Waals surface area contributed by atoms with E-state index in [0.29, 0.717) is 34.2 Å². The highest BCUT2D eigenvalue weighted by Crippen LogP contribution is 2.46. The largest absolute Gasteiger partial charge is 0.377 e. The minimum atomic E-state index is 0.194. The molecule has 1 aromatic carbocycles. The summed E-state index contributed by atoms with van der Waals surface area (Å²) in [5.41, 5.74) is 3.80. The molecule has 0 N–H and O–H groups in total. The molecular formula is C22H23Cl2NO3. The van der Waals surface area contributed by atoms with Gasteiger partial charge in [0.05, 0.1) is 36.0 Å². The van der Waals surface area contributed by atoms with E-state index in [1.54, 1.807) is 0 Å². The number of nitrogens with zero attached hydrogens (tertiary/aromatic N) is 1. The first-order valence-corrected chi connectivity index (χ1v) is 10.7. The summed E-state index contributed by atoms with van der Waals surface area (Å²) >= 11 is 12.9. The van der Waals surface area contributed by atoms with Crippen molar-refractivity contribution in [3.63, 3.8) is 0 Å². The van der Waals surface area contributed by atoms with Gasteiger partial charge < -0.3 is 14.0 Å². The summed E-state index contributed by atoms with van der Waals surface area (Å²) < 4.78 is 17.9. The second-order valence-corrected chi connectivity index (χ2v) is 8.91. The fraction of sp³-hybridized carbons (Fsp3) is 0.500. The third-order valence-electron chi connectivity index (χ3n) is 5.90. The van der Waals surface area contributed by atoms with Crippen molar-refractivity contribution in [3.8, 4) is 11.3 Å². The van der Waals surface area contributed by atoms with Crippen LogP contribution in [0.25, 0.3) is 11.3 Å². The number of fused-ring (bicyclic) bond motifs is 2. The number of aromatic nitrogens is 1. The summed E-state index contributed by atoms with van der Waals surface area (Å²) in [6.07, 6.45) is 7.84. The van der Waals surface area contributed by atoms with E-state index < -0.39 is 0 Å². The maximum Gasteiger partial charge on any atom is 0.145 e. The Kier molecular flexibility index (Phi) is 5.22. The van der Waals surface area contributed by atoms with Gasteiger partial charge >= 0.3 is 0 Å². The first kappa shape index (κ1) is 18.7. The molecule has 0 radical (unpaired) electrons. The lowest BCUT2D eigenvalue weighted by Gasteiger charge is -2.24. The van der Waals surface area contributed by atoms with Crippen LogP contribution < -0.4 is 0 Å². The highest BCUT2D eigenvalue weighted by molar-refractivity contribution is 6.39. The van der Waals surface area contributed by atoms with E-state index in [9.17, 15) is 0 Å². The summed E-state index contributed by atoms with van der Waals surface area (Å²) in [6.45, 7) is 2.02. The summed E-state index contributed by atoms with van der Waals surface area (Å²) in [5.74, 6) is 1.90. The molecule has 5 rings (SSSR count). The fourth-order valence-corrected chi connectivity index (χ4v) is 4.82. The van der Waals surface area contributed by atoms with E-state index in [1.807, 2.05) is 18.2 Å². The molecule has 2 aromatic rings. The number of halogens is 2. The van der Waals surface area contributed by atoms with Crippen LogP contribution in [0.4, 0.5) is 0 Å². The van der Waals surface area contributed by atoms with Gasteiger partial charge in [-0.15, -0.1) is 0 Å². The SMILES string of the molecule is Clc1cccc(Cl)c1-c1noc(C2CC2)c1CO[C@H]1CC2=CC[C@@H](COC2)C1. The van der Waals surface area contributed by atoms with E-state index in [2.05, 4.69) is 11.2 Å². The maximum absolute atomic E-state index is 6.45. The molecule has 2 heterocycles. The smallest absolute Gasteiger partial charge is 0.145 e. The van der Waals surface area contributed by atoms with Crippen molar-refractivity contribution in [2.75, 3.05) is 13.2 Å². The van der Waals surface area contributed by atoms with Gasteiger partial charge in [-0.1, -0.05) is 40.5 Å². The van der Waals surface area contributed by atoms with Gasteiger partial charge in [0.1, 0.15) is 11.5 Å². The molecule has 148 valence electrons. The normalized spacial score (nSPS) is 24.7. The fourth-order valence-electron chi connectivity index (χ4n) is 4.25. The van der Waals surface area contributed by atoms with Crippen LogP contribution in [0.2, 0.25) is 10.0 Å². The lowest BCUT2D eigenvalue weighted by Crippen LogP contribution is -2.23. The van der Waals surface area contributed by atoms with Gasteiger partial charge in [-0.05, 0) is 55.7 Å². The van der Waals surface area contributed by atoms with Gasteiger partial charge in [0, 0.05) is 17.0 Å². The van der Waals surface area contributed by atoms with Crippen molar-refractivity contribution in [3.05, 3.63) is 51.2 Å². The number of ether oxygens (including phenoxy) is 2. The molecule has 1 aromatic heterocycles. The van der Waals surface area contributed by atoms with Crippen LogP contribution >= 0.6 is 23.2 Å². The Labute approximate surface area is 174 Å². The van der Waals surface area contributed by atoms with Crippen LogP contribution in [0, 0.1) is 5.92 Å². The molecule has 6 heteroatoms. The van der Waals surface area contributed by atoms with Gasteiger partial charge in [0.25, 0.3) is 0 Å². The average molecular weight is 420 g/mol. The molecule has 0 amide bonds. The minimum absolute atomic E-state index is 0.194. The van der Waals surface area contributed by atoms with Gasteiger partial charge in [-0.2, -0.15) is 0 Å². The Morgan fingerprint density at radius 1 is 1.18 bits per heavy atom. The Balaban J connectivity index is 1.42. The molecule has 1 fully saturated rings. The highest BCUT2D eigenvalue weighted by Gasteiger charge is 2.34. The number of rotatable bonds is 5. The summed E-state index contributed by atoms with van der Waals surface area (Å²) in [5, 5.41) is 5.51. The summed E-state index contributed by atoms with van der Waals surface area (Å²) in [7, 11) is 0. The second-order valence-electron chi connectivity index (χ2n) is 8.10. The molecule has 2 atom stereocenters. The van der Waals surface area contributed by atoms with E-state index in [-0.39, 0.29) is 6.10 Å². The van der Waals surface area contributed by atoms with Crippen LogP contribution in [0.1, 0.15) is 49.3 Å². The van der Waals surface area contributed by atoms with Crippen molar-refractivity contribution in [2.24, 2.45) is 5.92 Å². The Hall–Kier alpha value is -1.33. The van der Waals surface area contributed by atoms with Gasteiger partial charge in [-0.3, -0.25) is 0 Å². The standard InChI is InChI=1S/C22H23Cl2NO3/c23-18-2-1-3-19(24)20(18)21-17(22(28-25-21)15-6-7-15)12-27-16-8-13-4-5-14(9-16)11-26-10-13/h1-4,14-16H,5-12H2/t14-,16+/m1/s1. The summed E-state index contributed by atoms with van der Waals surface area (Å²) in [4.78, 5) is 0. The van der Waals surface area contributed by atoms with Gasteiger partial charge in [0.15, 0.2) is 0 Å². The first-order valence-electron chi connectivity index (χ1n) is 9.99. The average Bonchev–Trinajstić information content (AvgIpc) is 3.47. The first-order chi connectivity index (χ1) is 13.7. The zero-order chi connectivity index (χ0) is 19.1. The third kappa shape index (κ3) is 3.76. The summed E-state index contributed by atoms with van der Waals surface area (Å²) in [6, 6.07) is 5.50. The molecule has 0 saturated heterocycles. The monoisotopic (exact) mass is 419 g/mol. The van der Waals surface area contributed by atoms with Crippen LogP contribution in [-0.2, 0) is 16.1 Å². The number of hydrogen-bond acceptors (Lipinski definition) is 4. The lowest BCUT2D eigenvalue weighted by molar-refractivity contribution is 0.00171. The number of allylic oxidation sites excluding steroid dienone is 1. The Morgan fingerprint density at radius 2 is 2.00 bits per heavy atom. The minimum Gasteiger partial charge on any atom is -0.377 e. The van der Waals surface area contributed by atoms with Crippen molar-refractivity contribution in [1.29, 1.82) is 0 Å². The number of benzene rings is 1. The molecule has 28 heavy (non-hydrogen) atoms. The predicted molar refractivity (Wildman–Crippen MR) is 109 cm³/mol. The zero-order valence-corrected chi connectivity index (χ0v) is 17.1. The van der Waals surface area contributed by atoms with E-state index in [1.165, 1.54) is 5.57 Å². The van der Waals surface area contributed by atoms with E-state index in [4.69, 9.17) is 37.2 Å². The quantitative estimate of drug-likeness (QED) is 0.543. The topological polar surface area (TPSA) is 44.5 Å². The zero-order valence-electron chi connectivity index (χ0n) is 15.6. The Bertz CT molecular complexity index is 883. The van der Waals surface area contributed by atoms with E-state index in [0.717, 1.165) is 62.2 Å². The number of hydrogen-bond donors (Lipinski definition) is 0. The molecule has 1 aliphatic heterocycles. The molecule has 1 saturated carbocycles. The van der Waals surface area contributed by atoms with Crippen molar-refractivity contribution >= 4 is 23.2 Å². The molecule has 3 aliphatic rings. The van der Waals surface area contributed by atoms with Crippen LogP contribution in [-0.4, -0.2) is 24.5 Å². The Morgan fingerprint density at radius 3 is 2.79 bits per heavy atom. The molecule has 0 spiro atoms. The van der Waals surface area contributed by atoms with Gasteiger partial charge in [0.2, 0.25) is 0 Å². The van der Waals surface area contributed by atoms with Crippen LogP contribution in [0.5, 0.6) is 0 Å². The van der Waals surface area contributed by atoms with Crippen molar-refractivity contribution in [2.45, 2.75) is 50.7 Å². The highest BCUT2D eigenvalue weighted by atomic mass is 35.5. The van der Waals surface area contributed by atoms with Crippen LogP contribution in [0.3, 0.4) is 0 Å².